The average molecular weight is 370 g/mol. The van der Waals surface area contributed by atoms with Crippen LogP contribution in [0.1, 0.15) is 12.5 Å². The highest BCUT2D eigenvalue weighted by Crippen LogP contribution is 2.38. The van der Waals surface area contributed by atoms with Gasteiger partial charge in [-0.1, -0.05) is 6.92 Å². The third kappa shape index (κ3) is 2.43. The number of anilines is 1. The second-order valence-corrected chi connectivity index (χ2v) is 6.46. The molecule has 0 bridgehead atoms. The highest BCUT2D eigenvalue weighted by molar-refractivity contribution is 7.98. The lowest BCUT2D eigenvalue weighted by Crippen LogP contribution is -2.00. The van der Waals surface area contributed by atoms with Crippen LogP contribution in [-0.2, 0) is 11.2 Å². The first kappa shape index (κ1) is 16.5. The topological polar surface area (TPSA) is 88.0 Å². The minimum absolute atomic E-state index is 0.248. The minimum Gasteiger partial charge on any atom is -0.312 e. The fourth-order valence-electron chi connectivity index (χ4n) is 3.14. The van der Waals surface area contributed by atoms with Crippen LogP contribution in [0.3, 0.4) is 0 Å². The Morgan fingerprint density at radius 1 is 1.38 bits per heavy atom. The summed E-state index contributed by atoms with van der Waals surface area (Å²) in [7, 11) is 0. The van der Waals surface area contributed by atoms with Crippen LogP contribution in [0.15, 0.2) is 29.7 Å². The van der Waals surface area contributed by atoms with E-state index in [-0.39, 0.29) is 5.82 Å². The smallest absolute Gasteiger partial charge is 0.212 e. The maximum atomic E-state index is 15.1. The molecule has 0 aliphatic heterocycles. The number of thioether (sulfide) groups is 1. The first-order valence-electron chi connectivity index (χ1n) is 7.94. The molecule has 0 unspecified atom stereocenters. The van der Waals surface area contributed by atoms with Crippen molar-refractivity contribution < 1.29 is 9.18 Å². The van der Waals surface area contributed by atoms with Crippen molar-refractivity contribution >= 4 is 40.5 Å². The van der Waals surface area contributed by atoms with Gasteiger partial charge in [0.05, 0.1) is 34.7 Å². The molecular formula is C17H15FN6OS. The highest BCUT2D eigenvalue weighted by atomic mass is 32.2. The molecule has 3 heterocycles. The van der Waals surface area contributed by atoms with Crippen LogP contribution in [0.25, 0.3) is 27.8 Å². The van der Waals surface area contributed by atoms with E-state index in [1.54, 1.807) is 29.2 Å². The van der Waals surface area contributed by atoms with Gasteiger partial charge in [-0.2, -0.15) is 5.10 Å². The van der Waals surface area contributed by atoms with E-state index < -0.39 is 0 Å². The Balaban J connectivity index is 2.00. The molecular weight excluding hydrogens is 355 g/mol. The van der Waals surface area contributed by atoms with Crippen LogP contribution in [0.2, 0.25) is 0 Å². The molecule has 4 rings (SSSR count). The van der Waals surface area contributed by atoms with Crippen molar-refractivity contribution in [3.05, 3.63) is 36.2 Å². The molecule has 3 aromatic heterocycles. The lowest BCUT2D eigenvalue weighted by molar-refractivity contribution is -0.105. The summed E-state index contributed by atoms with van der Waals surface area (Å²) in [5.74, 6) is 0.176. The van der Waals surface area contributed by atoms with E-state index in [2.05, 4.69) is 25.5 Å². The number of rotatable bonds is 5. The molecule has 0 saturated carbocycles. The zero-order valence-electron chi connectivity index (χ0n) is 14.1. The van der Waals surface area contributed by atoms with E-state index in [1.165, 1.54) is 11.8 Å². The summed E-state index contributed by atoms with van der Waals surface area (Å²) >= 11 is 1.35. The molecule has 0 atom stereocenters. The van der Waals surface area contributed by atoms with E-state index in [9.17, 15) is 4.79 Å². The third-order valence-corrected chi connectivity index (χ3v) is 5.06. The first-order valence-corrected chi connectivity index (χ1v) is 9.17. The van der Waals surface area contributed by atoms with Crippen molar-refractivity contribution in [2.75, 3.05) is 11.6 Å². The maximum Gasteiger partial charge on any atom is 0.212 e. The van der Waals surface area contributed by atoms with Crippen molar-refractivity contribution in [2.45, 2.75) is 18.2 Å². The minimum atomic E-state index is -0.248. The van der Waals surface area contributed by atoms with Gasteiger partial charge in [0.2, 0.25) is 6.41 Å². The number of carbonyl (C=O) groups excluding carboxylic acids is 1. The number of nitrogens with one attached hydrogen (secondary N) is 2. The number of imidazole rings is 1. The molecule has 1 amide bonds. The summed E-state index contributed by atoms with van der Waals surface area (Å²) in [6, 6.07) is 0. The molecule has 1 aromatic carbocycles. The zero-order chi connectivity index (χ0) is 18.3. The molecule has 0 saturated heterocycles. The predicted octanol–water partition coefficient (Wildman–Crippen LogP) is 3.26. The van der Waals surface area contributed by atoms with Crippen LogP contribution in [0.5, 0.6) is 0 Å². The second-order valence-electron chi connectivity index (χ2n) is 5.64. The molecule has 26 heavy (non-hydrogen) atoms. The lowest BCUT2D eigenvalue weighted by atomic mass is 9.98. The highest BCUT2D eigenvalue weighted by Gasteiger charge is 2.21. The van der Waals surface area contributed by atoms with Gasteiger partial charge in [-0.15, -0.1) is 11.8 Å². The van der Waals surface area contributed by atoms with Crippen molar-refractivity contribution in [1.29, 1.82) is 0 Å². The number of H-pyrrole nitrogens is 1. The Hall–Kier alpha value is -2.94. The summed E-state index contributed by atoms with van der Waals surface area (Å²) in [4.78, 5) is 19.9. The van der Waals surface area contributed by atoms with Gasteiger partial charge in [0.1, 0.15) is 5.82 Å². The molecule has 0 spiro atoms. The average Bonchev–Trinajstić information content (AvgIpc) is 3.26. The Labute approximate surface area is 152 Å². The Morgan fingerprint density at radius 3 is 2.96 bits per heavy atom. The van der Waals surface area contributed by atoms with Crippen LogP contribution >= 0.6 is 11.8 Å². The van der Waals surface area contributed by atoms with E-state index in [4.69, 9.17) is 0 Å². The summed E-state index contributed by atoms with van der Waals surface area (Å²) in [5.41, 5.74) is 3.18. The lowest BCUT2D eigenvalue weighted by Gasteiger charge is -2.13. The molecule has 7 nitrogen and oxygen atoms in total. The van der Waals surface area contributed by atoms with E-state index >= 15 is 4.39 Å². The third-order valence-electron chi connectivity index (χ3n) is 4.26. The number of carbonyl (C=O) groups is 1. The van der Waals surface area contributed by atoms with Gasteiger partial charge in [0, 0.05) is 17.1 Å². The molecule has 0 fully saturated rings. The van der Waals surface area contributed by atoms with Crippen molar-refractivity contribution in [3.8, 4) is 11.3 Å². The number of aromatic amines is 1. The van der Waals surface area contributed by atoms with Crippen molar-refractivity contribution in [1.82, 2.24) is 24.6 Å². The maximum absolute atomic E-state index is 15.1. The number of amides is 1. The molecule has 0 aliphatic carbocycles. The SMILES string of the molecule is CCc1c(F)c(SC)c2[nH]ncc2c1-c1cn2cc(NC=O)nc2cn1. The van der Waals surface area contributed by atoms with Gasteiger partial charge >= 0.3 is 0 Å². The van der Waals surface area contributed by atoms with Gasteiger partial charge in [0.25, 0.3) is 0 Å². The van der Waals surface area contributed by atoms with Gasteiger partial charge in [-0.05, 0) is 18.2 Å². The molecule has 2 N–H and O–H groups in total. The van der Waals surface area contributed by atoms with Crippen molar-refractivity contribution in [2.24, 2.45) is 0 Å². The number of nitrogens with zero attached hydrogens (tertiary/aromatic N) is 4. The number of fused-ring (bicyclic) bond motifs is 2. The fraction of sp³-hybridized carbons (Fsp3) is 0.176. The van der Waals surface area contributed by atoms with Gasteiger partial charge in [-0.25, -0.2) is 9.37 Å². The normalized spacial score (nSPS) is 11.3. The quantitative estimate of drug-likeness (QED) is 0.416. The predicted molar refractivity (Wildman–Crippen MR) is 98.9 cm³/mol. The summed E-state index contributed by atoms with van der Waals surface area (Å²) < 4.78 is 16.8. The van der Waals surface area contributed by atoms with E-state index in [0.717, 1.165) is 5.39 Å². The number of hydrogen-bond donors (Lipinski definition) is 2. The Morgan fingerprint density at radius 2 is 2.23 bits per heavy atom. The van der Waals surface area contributed by atoms with E-state index in [0.29, 0.717) is 51.5 Å². The molecule has 0 aliphatic rings. The Bertz CT molecular complexity index is 1140. The number of halogens is 1. The standard InChI is InChI=1S/C17H15FN6OS/c1-3-9-14(10-4-21-23-16(10)17(26-2)15(9)18)11-6-24-7-12(20-8-25)22-13(24)5-19-11/h4-8H,3H2,1-2H3,(H,20,25)(H,21,23). The summed E-state index contributed by atoms with van der Waals surface area (Å²) in [6.07, 6.45) is 9.68. The number of aromatic nitrogens is 5. The zero-order valence-corrected chi connectivity index (χ0v) is 14.9. The molecule has 9 heteroatoms. The molecule has 4 aromatic rings. The van der Waals surface area contributed by atoms with Gasteiger partial charge in [0.15, 0.2) is 11.5 Å². The number of benzene rings is 1. The fourth-order valence-corrected chi connectivity index (χ4v) is 3.80. The van der Waals surface area contributed by atoms with E-state index in [1.807, 2.05) is 13.2 Å². The van der Waals surface area contributed by atoms with Crippen LogP contribution in [0.4, 0.5) is 10.2 Å². The monoisotopic (exact) mass is 370 g/mol. The molecule has 0 radical (unpaired) electrons. The Kier molecular flexibility index (Phi) is 4.08. The summed E-state index contributed by atoms with van der Waals surface area (Å²) in [6.45, 7) is 1.92. The second kappa shape index (κ2) is 6.41. The van der Waals surface area contributed by atoms with Gasteiger partial charge < -0.3 is 9.72 Å². The van der Waals surface area contributed by atoms with Crippen molar-refractivity contribution in [3.63, 3.8) is 0 Å². The van der Waals surface area contributed by atoms with Gasteiger partial charge in [-0.3, -0.25) is 14.9 Å². The van der Waals surface area contributed by atoms with Crippen LogP contribution in [-0.4, -0.2) is 37.2 Å². The first-order chi connectivity index (χ1) is 12.7. The number of hydrogen-bond acceptors (Lipinski definition) is 5. The largest absolute Gasteiger partial charge is 0.312 e. The van der Waals surface area contributed by atoms with Crippen LogP contribution in [0, 0.1) is 5.82 Å². The summed E-state index contributed by atoms with van der Waals surface area (Å²) in [5, 5.41) is 10.3. The van der Waals surface area contributed by atoms with Crippen LogP contribution < -0.4 is 5.32 Å². The molecule has 132 valence electrons.